The van der Waals surface area contributed by atoms with Gasteiger partial charge in [-0.1, -0.05) is 18.2 Å². The maximum absolute atomic E-state index is 12.0. The third-order valence-corrected chi connectivity index (χ3v) is 3.96. The number of carbonyl (C=O) groups is 1. The Balaban J connectivity index is 2.10. The molecule has 1 N–H and O–H groups in total. The fraction of sp³-hybridized carbons (Fsp3) is 0.200. The molecule has 3 nitrogen and oxygen atoms in total. The number of carbonyl (C=O) groups excluding carboxylic acids is 1. The Morgan fingerprint density at radius 2 is 1.95 bits per heavy atom. The molecule has 2 rings (SSSR count). The van der Waals surface area contributed by atoms with Crippen molar-refractivity contribution in [1.29, 1.82) is 0 Å². The number of hydrogen-bond acceptors (Lipinski definition) is 2. The average molecular weight is 319 g/mol. The Bertz CT molecular complexity index is 611. The topological polar surface area (TPSA) is 42.0 Å². The highest BCUT2D eigenvalue weighted by Crippen LogP contribution is 2.25. The molecule has 0 aliphatic carbocycles. The van der Waals surface area contributed by atoms with E-state index in [0.717, 1.165) is 27.0 Å². The van der Waals surface area contributed by atoms with Crippen LogP contribution in [0.4, 0.5) is 5.69 Å². The van der Waals surface area contributed by atoms with Gasteiger partial charge >= 0.3 is 0 Å². The molecule has 0 saturated carbocycles. The number of anilines is 1. The van der Waals surface area contributed by atoms with E-state index in [0.29, 0.717) is 0 Å². The fourth-order valence-corrected chi connectivity index (χ4v) is 2.16. The quantitative estimate of drug-likeness (QED) is 0.938. The summed E-state index contributed by atoms with van der Waals surface area (Å²) in [5, 5.41) is 2.90. The van der Waals surface area contributed by atoms with Crippen LogP contribution in [0.25, 0.3) is 0 Å². The van der Waals surface area contributed by atoms with Crippen LogP contribution < -0.4 is 5.32 Å². The van der Waals surface area contributed by atoms with Crippen molar-refractivity contribution in [3.05, 3.63) is 57.8 Å². The third-order valence-electron chi connectivity index (χ3n) is 2.91. The lowest BCUT2D eigenvalue weighted by molar-refractivity contribution is -0.115. The van der Waals surface area contributed by atoms with Crippen molar-refractivity contribution in [1.82, 2.24) is 4.98 Å². The molecule has 0 bridgehead atoms. The molecular weight excluding hydrogens is 304 g/mol. The van der Waals surface area contributed by atoms with Crippen molar-refractivity contribution < 1.29 is 4.79 Å². The summed E-state index contributed by atoms with van der Waals surface area (Å²) in [5.74, 6) is -0.0619. The van der Waals surface area contributed by atoms with Crippen LogP contribution in [0.3, 0.4) is 0 Å². The zero-order chi connectivity index (χ0) is 13.8. The van der Waals surface area contributed by atoms with E-state index in [1.54, 1.807) is 6.20 Å². The van der Waals surface area contributed by atoms with Gasteiger partial charge in [-0.05, 0) is 53.0 Å². The molecule has 0 radical (unpaired) electrons. The standard InChI is InChI=1S/C15H15BrN2O/c1-10-6-4-8-17-13(10)9-14(19)18-12-7-3-5-11(2)15(12)16/h3-8H,9H2,1-2H3,(H,18,19). The molecule has 0 fully saturated rings. The van der Waals surface area contributed by atoms with Crippen molar-refractivity contribution in [2.45, 2.75) is 20.3 Å². The first kappa shape index (κ1) is 13.7. The van der Waals surface area contributed by atoms with Gasteiger partial charge < -0.3 is 5.32 Å². The number of aromatic nitrogens is 1. The van der Waals surface area contributed by atoms with Gasteiger partial charge in [0.05, 0.1) is 17.8 Å². The lowest BCUT2D eigenvalue weighted by Gasteiger charge is -2.09. The van der Waals surface area contributed by atoms with Crippen molar-refractivity contribution >= 4 is 27.5 Å². The molecule has 0 spiro atoms. The third kappa shape index (κ3) is 3.41. The van der Waals surface area contributed by atoms with E-state index in [9.17, 15) is 4.79 Å². The van der Waals surface area contributed by atoms with Gasteiger partial charge in [0.2, 0.25) is 5.91 Å². The number of benzene rings is 1. The number of rotatable bonds is 3. The summed E-state index contributed by atoms with van der Waals surface area (Å²) in [4.78, 5) is 16.3. The van der Waals surface area contributed by atoms with Gasteiger partial charge in [-0.3, -0.25) is 9.78 Å². The maximum atomic E-state index is 12.0. The number of pyridine rings is 1. The highest BCUT2D eigenvalue weighted by atomic mass is 79.9. The Morgan fingerprint density at radius 3 is 2.68 bits per heavy atom. The van der Waals surface area contributed by atoms with Gasteiger partial charge in [0.15, 0.2) is 0 Å². The van der Waals surface area contributed by atoms with Crippen molar-refractivity contribution in [2.24, 2.45) is 0 Å². The van der Waals surface area contributed by atoms with E-state index in [1.165, 1.54) is 0 Å². The Kier molecular flexibility index (Phi) is 4.32. The molecule has 0 saturated heterocycles. The number of halogens is 1. The van der Waals surface area contributed by atoms with Crippen LogP contribution in [0.2, 0.25) is 0 Å². The van der Waals surface area contributed by atoms with E-state index in [1.807, 2.05) is 44.2 Å². The van der Waals surface area contributed by atoms with Gasteiger partial charge in [0.1, 0.15) is 0 Å². The van der Waals surface area contributed by atoms with Crippen molar-refractivity contribution in [3.8, 4) is 0 Å². The average Bonchev–Trinajstić information content (AvgIpc) is 2.38. The SMILES string of the molecule is Cc1cccnc1CC(=O)Nc1cccc(C)c1Br. The zero-order valence-electron chi connectivity index (χ0n) is 10.9. The van der Waals surface area contributed by atoms with Crippen LogP contribution in [-0.2, 0) is 11.2 Å². The lowest BCUT2D eigenvalue weighted by Crippen LogP contribution is -2.16. The Hall–Kier alpha value is -1.68. The first-order valence-electron chi connectivity index (χ1n) is 6.03. The van der Waals surface area contributed by atoms with Gasteiger partial charge in [-0.2, -0.15) is 0 Å². The second-order valence-corrected chi connectivity index (χ2v) is 5.22. The summed E-state index contributed by atoms with van der Waals surface area (Å²) in [6, 6.07) is 9.61. The molecule has 19 heavy (non-hydrogen) atoms. The molecule has 0 unspecified atom stereocenters. The lowest BCUT2D eigenvalue weighted by atomic mass is 10.1. The summed E-state index contributed by atoms with van der Waals surface area (Å²) in [5.41, 5.74) is 3.72. The van der Waals surface area contributed by atoms with Crippen LogP contribution in [0.5, 0.6) is 0 Å². The van der Waals surface area contributed by atoms with E-state index in [4.69, 9.17) is 0 Å². The van der Waals surface area contributed by atoms with Gasteiger partial charge in [0, 0.05) is 10.7 Å². The largest absolute Gasteiger partial charge is 0.325 e. The van der Waals surface area contributed by atoms with Crippen molar-refractivity contribution in [2.75, 3.05) is 5.32 Å². The van der Waals surface area contributed by atoms with Gasteiger partial charge in [0.25, 0.3) is 0 Å². The minimum atomic E-state index is -0.0619. The molecule has 0 aliphatic heterocycles. The van der Waals surface area contributed by atoms with Crippen LogP contribution in [0.15, 0.2) is 41.0 Å². The number of nitrogens with one attached hydrogen (secondary N) is 1. The monoisotopic (exact) mass is 318 g/mol. The highest BCUT2D eigenvalue weighted by Gasteiger charge is 2.09. The molecule has 2 aromatic rings. The molecule has 0 aliphatic rings. The zero-order valence-corrected chi connectivity index (χ0v) is 12.5. The van der Waals surface area contributed by atoms with Gasteiger partial charge in [-0.15, -0.1) is 0 Å². The number of nitrogens with zero attached hydrogens (tertiary/aromatic N) is 1. The van der Waals surface area contributed by atoms with Crippen LogP contribution in [0, 0.1) is 13.8 Å². The summed E-state index contributed by atoms with van der Waals surface area (Å²) in [6.07, 6.45) is 1.99. The molecule has 98 valence electrons. The van der Waals surface area contributed by atoms with E-state index >= 15 is 0 Å². The van der Waals surface area contributed by atoms with E-state index in [-0.39, 0.29) is 12.3 Å². The summed E-state index contributed by atoms with van der Waals surface area (Å²) in [7, 11) is 0. The Morgan fingerprint density at radius 1 is 1.21 bits per heavy atom. The number of aryl methyl sites for hydroxylation is 2. The first-order chi connectivity index (χ1) is 9.08. The maximum Gasteiger partial charge on any atom is 0.230 e. The first-order valence-corrected chi connectivity index (χ1v) is 6.82. The molecule has 0 atom stereocenters. The van der Waals surface area contributed by atoms with E-state index < -0.39 is 0 Å². The van der Waals surface area contributed by atoms with Crippen molar-refractivity contribution in [3.63, 3.8) is 0 Å². The predicted octanol–water partition coefficient (Wildman–Crippen LogP) is 3.64. The summed E-state index contributed by atoms with van der Waals surface area (Å²) >= 11 is 3.48. The second kappa shape index (κ2) is 5.97. The smallest absolute Gasteiger partial charge is 0.230 e. The molecule has 1 amide bonds. The van der Waals surface area contributed by atoms with Crippen LogP contribution in [-0.4, -0.2) is 10.9 Å². The summed E-state index contributed by atoms with van der Waals surface area (Å²) < 4.78 is 0.918. The number of amides is 1. The molecule has 1 aromatic heterocycles. The fourth-order valence-electron chi connectivity index (χ4n) is 1.79. The minimum Gasteiger partial charge on any atom is -0.325 e. The predicted molar refractivity (Wildman–Crippen MR) is 80.2 cm³/mol. The normalized spacial score (nSPS) is 10.3. The van der Waals surface area contributed by atoms with Crippen LogP contribution >= 0.6 is 15.9 Å². The second-order valence-electron chi connectivity index (χ2n) is 4.43. The minimum absolute atomic E-state index is 0.0619. The molecule has 1 aromatic carbocycles. The van der Waals surface area contributed by atoms with Crippen LogP contribution in [0.1, 0.15) is 16.8 Å². The number of hydrogen-bond donors (Lipinski definition) is 1. The molecular formula is C15H15BrN2O. The Labute approximate surface area is 121 Å². The van der Waals surface area contributed by atoms with E-state index in [2.05, 4.69) is 26.2 Å². The molecule has 1 heterocycles. The highest BCUT2D eigenvalue weighted by molar-refractivity contribution is 9.10. The molecule has 4 heteroatoms. The summed E-state index contributed by atoms with van der Waals surface area (Å²) in [6.45, 7) is 3.95. The van der Waals surface area contributed by atoms with Gasteiger partial charge in [-0.25, -0.2) is 0 Å².